The van der Waals surface area contributed by atoms with E-state index in [-0.39, 0.29) is 81.8 Å². The van der Waals surface area contributed by atoms with E-state index in [1.54, 1.807) is 0 Å². The van der Waals surface area contributed by atoms with Crippen LogP contribution in [0.1, 0.15) is 15.3 Å². The number of carboxylic acid groups (broad SMARTS) is 2. The molecule has 8 heteroatoms. The molecule has 4 nitrogen and oxygen atoms in total. The Labute approximate surface area is 126 Å². The third-order valence-electron chi connectivity index (χ3n) is 0. The van der Waals surface area contributed by atoms with E-state index in [4.69, 9.17) is 19.8 Å². The maximum atomic E-state index is 9.00. The second kappa shape index (κ2) is 29.4. The summed E-state index contributed by atoms with van der Waals surface area (Å²) in [6.45, 7) is 2.17. The van der Waals surface area contributed by atoms with Gasteiger partial charge in [0.15, 0.2) is 0 Å². The minimum atomic E-state index is -0.833. The van der Waals surface area contributed by atoms with Crippen LogP contribution < -0.4 is 29.6 Å². The van der Waals surface area contributed by atoms with Gasteiger partial charge in [0, 0.05) is 47.7 Å². The van der Waals surface area contributed by atoms with Crippen molar-refractivity contribution in [2.24, 2.45) is 0 Å². The van der Waals surface area contributed by atoms with Gasteiger partial charge in [-0.1, -0.05) is 0 Å². The average Bonchev–Trinajstić information content (AvgIpc) is 1.25. The van der Waals surface area contributed by atoms with Gasteiger partial charge in [-0.3, -0.25) is 9.59 Å². The Kier molecular flexibility index (Phi) is 92.1. The molecule has 0 unspecified atom stereocenters. The monoisotopic (exact) mass is 338 g/mol. The minimum absolute atomic E-state index is 0. The molecule has 0 aromatic rings. The summed E-state index contributed by atoms with van der Waals surface area (Å²) in [5, 5.41) is 14.8. The SMILES string of the molecule is Br.CC(=O)O.CC(=O)O.[Co].[H-].[Mn].[Na+]. The molecule has 74 valence electrons. The van der Waals surface area contributed by atoms with Gasteiger partial charge in [0.1, 0.15) is 0 Å². The Hall–Kier alpha value is 1.45. The molecule has 0 saturated heterocycles. The third kappa shape index (κ3) is 597. The first-order valence-electron chi connectivity index (χ1n) is 1.86. The fraction of sp³-hybridized carbons (Fsp3) is 0.500. The van der Waals surface area contributed by atoms with Gasteiger partial charge in [-0.2, -0.15) is 0 Å². The Morgan fingerprint density at radius 3 is 1.08 bits per heavy atom. The van der Waals surface area contributed by atoms with Crippen LogP contribution in [-0.4, -0.2) is 22.2 Å². The maximum Gasteiger partial charge on any atom is 1.00 e. The number of hydrogen-bond donors (Lipinski definition) is 2. The number of carbonyl (C=O) groups is 2. The van der Waals surface area contributed by atoms with E-state index < -0.39 is 11.9 Å². The van der Waals surface area contributed by atoms with E-state index in [9.17, 15) is 0 Å². The van der Waals surface area contributed by atoms with E-state index in [0.29, 0.717) is 0 Å². The molecule has 0 aromatic heterocycles. The zero-order valence-electron chi connectivity index (χ0n) is 7.83. The van der Waals surface area contributed by atoms with Gasteiger partial charge in [-0.25, -0.2) is 0 Å². The summed E-state index contributed by atoms with van der Waals surface area (Å²) in [6.07, 6.45) is 0. The second-order valence-corrected chi connectivity index (χ2v) is 1.04. The summed E-state index contributed by atoms with van der Waals surface area (Å²) in [5.41, 5.74) is 0. The van der Waals surface area contributed by atoms with Crippen LogP contribution in [0.25, 0.3) is 0 Å². The molecule has 0 fully saturated rings. The van der Waals surface area contributed by atoms with Crippen LogP contribution in [0.15, 0.2) is 0 Å². The molecule has 0 spiro atoms. The van der Waals surface area contributed by atoms with Crippen molar-refractivity contribution in [2.45, 2.75) is 13.8 Å². The molecule has 0 aliphatic rings. The minimum Gasteiger partial charge on any atom is -1.00 e. The average molecular weight is 339 g/mol. The predicted octanol–water partition coefficient (Wildman–Crippen LogP) is -2.13. The van der Waals surface area contributed by atoms with Crippen molar-refractivity contribution >= 4 is 28.9 Å². The summed E-state index contributed by atoms with van der Waals surface area (Å²) < 4.78 is 0. The smallest absolute Gasteiger partial charge is 1.00 e. The summed E-state index contributed by atoms with van der Waals surface area (Å²) in [5.74, 6) is -1.67. The van der Waals surface area contributed by atoms with Gasteiger partial charge in [-0.05, 0) is 0 Å². The van der Waals surface area contributed by atoms with Gasteiger partial charge >= 0.3 is 29.6 Å². The fourth-order valence-corrected chi connectivity index (χ4v) is 0. The molecule has 0 bridgehead atoms. The molecule has 0 amide bonds. The maximum absolute atomic E-state index is 9.00. The summed E-state index contributed by atoms with van der Waals surface area (Å²) >= 11 is 0. The molecular weight excluding hydrogens is 329 g/mol. The van der Waals surface area contributed by atoms with E-state index in [0.717, 1.165) is 13.8 Å². The van der Waals surface area contributed by atoms with Crippen LogP contribution in [0.2, 0.25) is 0 Å². The van der Waals surface area contributed by atoms with Crippen LogP contribution in [0.4, 0.5) is 0 Å². The van der Waals surface area contributed by atoms with Crippen molar-refractivity contribution in [2.75, 3.05) is 0 Å². The van der Waals surface area contributed by atoms with Crippen molar-refractivity contribution in [3.8, 4) is 0 Å². The molecule has 0 aliphatic carbocycles. The topological polar surface area (TPSA) is 74.6 Å². The van der Waals surface area contributed by atoms with Crippen molar-refractivity contribution in [3.63, 3.8) is 0 Å². The molecule has 2 N–H and O–H groups in total. The number of rotatable bonds is 0. The predicted molar refractivity (Wildman–Crippen MR) is 38.1 cm³/mol. The van der Waals surface area contributed by atoms with Crippen molar-refractivity contribution in [3.05, 3.63) is 0 Å². The third-order valence-corrected chi connectivity index (χ3v) is 0. The Morgan fingerprint density at radius 1 is 1.08 bits per heavy atom. The van der Waals surface area contributed by atoms with E-state index in [2.05, 4.69) is 0 Å². The van der Waals surface area contributed by atoms with Crippen LogP contribution in [-0.2, 0) is 43.4 Å². The van der Waals surface area contributed by atoms with Crippen LogP contribution >= 0.6 is 17.0 Å². The normalized spacial score (nSPS) is 4.17. The van der Waals surface area contributed by atoms with Gasteiger partial charge in [-0.15, -0.1) is 17.0 Å². The molecule has 0 atom stereocenters. The van der Waals surface area contributed by atoms with Gasteiger partial charge in [0.25, 0.3) is 11.9 Å². The Balaban J connectivity index is -0.00000000800. The Bertz CT molecular complexity index is 90.1. The largest absolute Gasteiger partial charge is 1.00 e. The van der Waals surface area contributed by atoms with Gasteiger partial charge < -0.3 is 11.6 Å². The van der Waals surface area contributed by atoms with Gasteiger partial charge in [0.05, 0.1) is 0 Å². The molecule has 0 aromatic carbocycles. The van der Waals surface area contributed by atoms with Crippen molar-refractivity contribution < 1.29 is 84.6 Å². The van der Waals surface area contributed by atoms with Crippen LogP contribution in [0.3, 0.4) is 0 Å². The molecule has 0 saturated carbocycles. The number of halogens is 1. The van der Waals surface area contributed by atoms with Crippen LogP contribution in [0.5, 0.6) is 0 Å². The molecule has 0 heterocycles. The van der Waals surface area contributed by atoms with E-state index in [1.165, 1.54) is 0 Å². The summed E-state index contributed by atoms with van der Waals surface area (Å²) in [7, 11) is 0. The molecule has 0 aliphatic heterocycles. The quantitative estimate of drug-likeness (QED) is 0.495. The zero-order chi connectivity index (χ0) is 7.15. The zero-order valence-corrected chi connectivity index (χ0v) is 12.8. The molecular formula is C4H10BrCoMnNaO4. The fourth-order valence-electron chi connectivity index (χ4n) is 0. The van der Waals surface area contributed by atoms with E-state index >= 15 is 0 Å². The number of carboxylic acids is 2. The second-order valence-electron chi connectivity index (χ2n) is 1.04. The molecule has 12 heavy (non-hydrogen) atoms. The van der Waals surface area contributed by atoms with Crippen molar-refractivity contribution in [1.29, 1.82) is 0 Å². The number of aliphatic carboxylic acids is 2. The standard InChI is InChI=1S/2C2H4O2.BrH.Co.Mn.Na.H/c2*1-2(3)4;;;;;/h2*1H3,(H,3,4);1H;;;;/q;;;;;+1;-1. The van der Waals surface area contributed by atoms with E-state index in [1.807, 2.05) is 0 Å². The molecule has 0 rings (SSSR count). The molecule has 2 radical (unpaired) electrons. The Morgan fingerprint density at radius 2 is 1.08 bits per heavy atom. The first-order chi connectivity index (χ1) is 3.46. The first kappa shape index (κ1) is 37.6. The number of hydrogen-bond acceptors (Lipinski definition) is 2. The van der Waals surface area contributed by atoms with Gasteiger partial charge in [0.2, 0.25) is 0 Å². The first-order valence-corrected chi connectivity index (χ1v) is 1.86. The summed E-state index contributed by atoms with van der Waals surface area (Å²) in [6, 6.07) is 0. The van der Waals surface area contributed by atoms with Crippen LogP contribution in [0, 0.1) is 0 Å². The summed E-state index contributed by atoms with van der Waals surface area (Å²) in [4.78, 5) is 18.0. The van der Waals surface area contributed by atoms with Crippen molar-refractivity contribution in [1.82, 2.24) is 0 Å².